The molecule has 0 unspecified atom stereocenters. The lowest BCUT2D eigenvalue weighted by Gasteiger charge is -2.23. The molecule has 1 aromatic carbocycles. The number of aliphatic hydroxyl groups is 1. The lowest BCUT2D eigenvalue weighted by atomic mass is 10.1. The van der Waals surface area contributed by atoms with Gasteiger partial charge in [0.15, 0.2) is 0 Å². The smallest absolute Gasteiger partial charge is 0.123 e. The van der Waals surface area contributed by atoms with Crippen LogP contribution in [0, 0.1) is 0 Å². The van der Waals surface area contributed by atoms with Gasteiger partial charge in [-0.3, -0.25) is 4.90 Å². The van der Waals surface area contributed by atoms with E-state index >= 15 is 0 Å². The maximum atomic E-state index is 9.87. The highest BCUT2D eigenvalue weighted by molar-refractivity contribution is 5.39. The van der Waals surface area contributed by atoms with Crippen molar-refractivity contribution in [3.63, 3.8) is 0 Å². The number of nitrogens with zero attached hydrogens (tertiary/aromatic N) is 1. The van der Waals surface area contributed by atoms with Gasteiger partial charge in [0.1, 0.15) is 11.5 Å². The van der Waals surface area contributed by atoms with Gasteiger partial charge in [0.25, 0.3) is 0 Å². The van der Waals surface area contributed by atoms with Crippen molar-refractivity contribution in [2.24, 2.45) is 0 Å². The normalized spacial score (nSPS) is 20.7. The zero-order valence-electron chi connectivity index (χ0n) is 10.1. The number of aromatic hydroxyl groups is 1. The lowest BCUT2D eigenvalue weighted by molar-refractivity contribution is 0.152. The summed E-state index contributed by atoms with van der Waals surface area (Å²) < 4.78 is 5.05. The third kappa shape index (κ3) is 2.70. The molecule has 0 saturated carbocycles. The molecule has 0 bridgehead atoms. The number of phenolic OH excluding ortho intramolecular Hbond substituents is 1. The number of benzene rings is 1. The average molecular weight is 237 g/mol. The molecule has 0 spiro atoms. The first kappa shape index (κ1) is 12.2. The quantitative estimate of drug-likeness (QED) is 0.830. The van der Waals surface area contributed by atoms with Crippen molar-refractivity contribution >= 4 is 0 Å². The monoisotopic (exact) mass is 237 g/mol. The molecule has 1 saturated heterocycles. The van der Waals surface area contributed by atoms with Crippen molar-refractivity contribution in [3.05, 3.63) is 23.8 Å². The van der Waals surface area contributed by atoms with Gasteiger partial charge in [-0.25, -0.2) is 0 Å². The Morgan fingerprint density at radius 3 is 2.94 bits per heavy atom. The van der Waals surface area contributed by atoms with Crippen molar-refractivity contribution in [3.8, 4) is 11.5 Å². The minimum Gasteiger partial charge on any atom is -0.507 e. The van der Waals surface area contributed by atoms with E-state index in [9.17, 15) is 10.2 Å². The molecule has 94 valence electrons. The first-order chi connectivity index (χ1) is 8.24. The molecule has 1 aliphatic heterocycles. The molecule has 2 N–H and O–H groups in total. The maximum absolute atomic E-state index is 9.87. The van der Waals surface area contributed by atoms with Gasteiger partial charge >= 0.3 is 0 Å². The molecule has 0 aromatic heterocycles. The first-order valence-corrected chi connectivity index (χ1v) is 5.95. The Labute approximate surface area is 101 Å². The van der Waals surface area contributed by atoms with Crippen molar-refractivity contribution in [2.45, 2.75) is 25.4 Å². The summed E-state index contributed by atoms with van der Waals surface area (Å²) in [6.07, 6.45) is 2.15. The van der Waals surface area contributed by atoms with Crippen LogP contribution in [0.4, 0.5) is 0 Å². The summed E-state index contributed by atoms with van der Waals surface area (Å²) >= 11 is 0. The van der Waals surface area contributed by atoms with Gasteiger partial charge in [0, 0.05) is 24.2 Å². The molecular weight excluding hydrogens is 218 g/mol. The summed E-state index contributed by atoms with van der Waals surface area (Å²) in [4.78, 5) is 2.21. The highest BCUT2D eigenvalue weighted by Gasteiger charge is 2.24. The summed E-state index contributed by atoms with van der Waals surface area (Å²) in [6, 6.07) is 5.58. The Morgan fingerprint density at radius 2 is 2.29 bits per heavy atom. The van der Waals surface area contributed by atoms with Gasteiger partial charge in [-0.05, 0) is 25.5 Å². The highest BCUT2D eigenvalue weighted by Crippen LogP contribution is 2.27. The van der Waals surface area contributed by atoms with Crippen LogP contribution in [0.15, 0.2) is 18.2 Å². The van der Waals surface area contributed by atoms with Crippen LogP contribution in [-0.4, -0.2) is 41.4 Å². The van der Waals surface area contributed by atoms with Crippen LogP contribution in [-0.2, 0) is 6.54 Å². The molecule has 17 heavy (non-hydrogen) atoms. The Bertz CT molecular complexity index is 381. The van der Waals surface area contributed by atoms with Gasteiger partial charge in [-0.15, -0.1) is 0 Å². The number of likely N-dealkylation sites (tertiary alicyclic amines) is 1. The van der Waals surface area contributed by atoms with Gasteiger partial charge in [-0.2, -0.15) is 0 Å². The van der Waals surface area contributed by atoms with Crippen LogP contribution < -0.4 is 4.74 Å². The van der Waals surface area contributed by atoms with Crippen LogP contribution in [0.5, 0.6) is 11.5 Å². The molecule has 4 heteroatoms. The molecule has 0 radical (unpaired) electrons. The molecule has 1 heterocycles. The Kier molecular flexibility index (Phi) is 3.86. The van der Waals surface area contributed by atoms with E-state index in [1.807, 2.05) is 12.1 Å². The minimum atomic E-state index is 0.191. The fourth-order valence-corrected chi connectivity index (χ4v) is 2.33. The van der Waals surface area contributed by atoms with Crippen LogP contribution >= 0.6 is 0 Å². The summed E-state index contributed by atoms with van der Waals surface area (Å²) in [5.41, 5.74) is 0.881. The fraction of sp³-hybridized carbons (Fsp3) is 0.538. The van der Waals surface area contributed by atoms with E-state index < -0.39 is 0 Å². The predicted molar refractivity (Wildman–Crippen MR) is 65.2 cm³/mol. The molecule has 1 fully saturated rings. The Balaban J connectivity index is 2.08. The van der Waals surface area contributed by atoms with Crippen LogP contribution in [0.2, 0.25) is 0 Å². The number of methoxy groups -OCH3 is 1. The van der Waals surface area contributed by atoms with E-state index in [0.717, 1.165) is 24.9 Å². The van der Waals surface area contributed by atoms with Gasteiger partial charge in [-0.1, -0.05) is 6.07 Å². The standard InChI is InChI=1S/C13H19NO3/c1-17-12-5-4-10(13(16)7-12)8-14-6-2-3-11(14)9-15/h4-5,7,11,15-16H,2-3,6,8-9H2,1H3/t11-/m1/s1. The number of rotatable bonds is 4. The van der Waals surface area contributed by atoms with Gasteiger partial charge in [0.05, 0.1) is 13.7 Å². The second-order valence-electron chi connectivity index (χ2n) is 4.44. The largest absolute Gasteiger partial charge is 0.507 e. The molecular formula is C13H19NO3. The number of hydrogen-bond acceptors (Lipinski definition) is 4. The molecule has 2 rings (SSSR count). The number of aliphatic hydroxyl groups excluding tert-OH is 1. The van der Waals surface area contributed by atoms with Crippen molar-refractivity contribution in [1.82, 2.24) is 4.90 Å². The van der Waals surface area contributed by atoms with Crippen LogP contribution in [0.3, 0.4) is 0 Å². The van der Waals surface area contributed by atoms with Gasteiger partial charge < -0.3 is 14.9 Å². The fourth-order valence-electron chi connectivity index (χ4n) is 2.33. The summed E-state index contributed by atoms with van der Waals surface area (Å²) in [6.45, 7) is 1.86. The topological polar surface area (TPSA) is 52.9 Å². The Morgan fingerprint density at radius 1 is 1.47 bits per heavy atom. The van der Waals surface area contributed by atoms with E-state index in [0.29, 0.717) is 12.3 Å². The van der Waals surface area contributed by atoms with Crippen molar-refractivity contribution in [2.75, 3.05) is 20.3 Å². The van der Waals surface area contributed by atoms with Crippen LogP contribution in [0.1, 0.15) is 18.4 Å². The molecule has 0 aliphatic carbocycles. The summed E-state index contributed by atoms with van der Waals surface area (Å²) in [5.74, 6) is 0.916. The second-order valence-corrected chi connectivity index (χ2v) is 4.44. The predicted octanol–water partition coefficient (Wildman–Crippen LogP) is 1.36. The first-order valence-electron chi connectivity index (χ1n) is 5.95. The highest BCUT2D eigenvalue weighted by atomic mass is 16.5. The third-order valence-electron chi connectivity index (χ3n) is 3.38. The summed E-state index contributed by atoms with van der Waals surface area (Å²) in [7, 11) is 1.58. The van der Waals surface area contributed by atoms with E-state index in [2.05, 4.69) is 4.90 Å². The van der Waals surface area contributed by atoms with Gasteiger partial charge in [0.2, 0.25) is 0 Å². The zero-order chi connectivity index (χ0) is 12.3. The number of hydrogen-bond donors (Lipinski definition) is 2. The molecule has 1 aromatic rings. The maximum Gasteiger partial charge on any atom is 0.123 e. The van der Waals surface area contributed by atoms with E-state index in [-0.39, 0.29) is 18.4 Å². The number of ether oxygens (including phenoxy) is 1. The molecule has 1 atom stereocenters. The van der Waals surface area contributed by atoms with E-state index in [1.165, 1.54) is 0 Å². The number of phenols is 1. The summed E-state index contributed by atoms with van der Waals surface area (Å²) in [5, 5.41) is 19.1. The van der Waals surface area contributed by atoms with E-state index in [4.69, 9.17) is 4.74 Å². The zero-order valence-corrected chi connectivity index (χ0v) is 10.1. The van der Waals surface area contributed by atoms with Crippen molar-refractivity contribution in [1.29, 1.82) is 0 Å². The SMILES string of the molecule is COc1ccc(CN2CCC[C@@H]2CO)c(O)c1. The lowest BCUT2D eigenvalue weighted by Crippen LogP contribution is -2.31. The Hall–Kier alpha value is -1.26. The second kappa shape index (κ2) is 5.38. The molecule has 1 aliphatic rings. The van der Waals surface area contributed by atoms with Crippen LogP contribution in [0.25, 0.3) is 0 Å². The van der Waals surface area contributed by atoms with Crippen molar-refractivity contribution < 1.29 is 14.9 Å². The van der Waals surface area contributed by atoms with E-state index in [1.54, 1.807) is 13.2 Å². The third-order valence-corrected chi connectivity index (χ3v) is 3.38. The minimum absolute atomic E-state index is 0.191. The average Bonchev–Trinajstić information content (AvgIpc) is 2.79. The molecule has 0 amide bonds. The molecule has 4 nitrogen and oxygen atoms in total.